The lowest BCUT2D eigenvalue weighted by molar-refractivity contribution is 0.382. The first-order valence-electron chi connectivity index (χ1n) is 6.26. The minimum Gasteiger partial charge on any atom is -0.494 e. The molecule has 0 aliphatic carbocycles. The number of ether oxygens (including phenoxy) is 1. The number of benzene rings is 2. The Morgan fingerprint density at radius 1 is 1.16 bits per heavy atom. The molecule has 0 spiro atoms. The van der Waals surface area contributed by atoms with Crippen LogP contribution in [0.15, 0.2) is 42.5 Å². The molecule has 100 valence electrons. The van der Waals surface area contributed by atoms with Gasteiger partial charge in [-0.1, -0.05) is 36.4 Å². The van der Waals surface area contributed by atoms with Crippen molar-refractivity contribution in [3.05, 3.63) is 65.0 Å². The molecule has 2 aromatic rings. The van der Waals surface area contributed by atoms with E-state index in [1.165, 1.54) is 12.7 Å². The van der Waals surface area contributed by atoms with Crippen LogP contribution in [0.25, 0.3) is 0 Å². The average Bonchev–Trinajstić information content (AvgIpc) is 2.41. The Kier molecular flexibility index (Phi) is 4.17. The molecule has 2 nitrogen and oxygen atoms in total. The second-order valence-corrected chi connectivity index (χ2v) is 4.60. The Labute approximate surface area is 113 Å². The highest BCUT2D eigenvalue weighted by molar-refractivity contribution is 5.35. The van der Waals surface area contributed by atoms with Crippen LogP contribution in [0.1, 0.15) is 22.7 Å². The average molecular weight is 259 g/mol. The maximum Gasteiger partial charge on any atom is 0.169 e. The summed E-state index contributed by atoms with van der Waals surface area (Å²) in [7, 11) is 1.45. The van der Waals surface area contributed by atoms with Crippen molar-refractivity contribution < 1.29 is 9.13 Å². The second kappa shape index (κ2) is 5.85. The van der Waals surface area contributed by atoms with Crippen LogP contribution in [0.5, 0.6) is 5.75 Å². The predicted molar refractivity (Wildman–Crippen MR) is 74.8 cm³/mol. The van der Waals surface area contributed by atoms with Crippen molar-refractivity contribution in [1.29, 1.82) is 0 Å². The van der Waals surface area contributed by atoms with Crippen LogP contribution in [0.4, 0.5) is 4.39 Å². The first-order chi connectivity index (χ1) is 9.13. The molecule has 2 rings (SSSR count). The van der Waals surface area contributed by atoms with Crippen molar-refractivity contribution in [2.45, 2.75) is 19.4 Å². The molecule has 0 aliphatic rings. The van der Waals surface area contributed by atoms with E-state index in [1.807, 2.05) is 31.2 Å². The van der Waals surface area contributed by atoms with Crippen molar-refractivity contribution >= 4 is 0 Å². The fourth-order valence-corrected chi connectivity index (χ4v) is 2.16. The number of methoxy groups -OCH3 is 1. The summed E-state index contributed by atoms with van der Waals surface area (Å²) in [6.45, 7) is 2.03. The summed E-state index contributed by atoms with van der Waals surface area (Å²) in [6.07, 6.45) is 0.608. The summed E-state index contributed by atoms with van der Waals surface area (Å²) in [6, 6.07) is 12.7. The summed E-state index contributed by atoms with van der Waals surface area (Å²) in [5.74, 6) is -0.135. The summed E-state index contributed by atoms with van der Waals surface area (Å²) < 4.78 is 19.1. The van der Waals surface area contributed by atoms with Crippen LogP contribution in [0.3, 0.4) is 0 Å². The van der Waals surface area contributed by atoms with Gasteiger partial charge >= 0.3 is 0 Å². The van der Waals surface area contributed by atoms with Gasteiger partial charge in [0.05, 0.1) is 7.11 Å². The maximum atomic E-state index is 14.1. The second-order valence-electron chi connectivity index (χ2n) is 4.60. The van der Waals surface area contributed by atoms with E-state index < -0.39 is 0 Å². The monoisotopic (exact) mass is 259 g/mol. The molecule has 0 heterocycles. The van der Waals surface area contributed by atoms with Gasteiger partial charge in [0, 0.05) is 11.6 Å². The highest BCUT2D eigenvalue weighted by atomic mass is 19.1. The van der Waals surface area contributed by atoms with Crippen molar-refractivity contribution in [1.82, 2.24) is 0 Å². The molecule has 0 bridgehead atoms. The highest BCUT2D eigenvalue weighted by Crippen LogP contribution is 2.26. The first-order valence-corrected chi connectivity index (χ1v) is 6.26. The summed E-state index contributed by atoms with van der Waals surface area (Å²) in [4.78, 5) is 0. The summed E-state index contributed by atoms with van der Waals surface area (Å²) in [5, 5.41) is 0. The van der Waals surface area contributed by atoms with E-state index in [0.717, 1.165) is 5.56 Å². The van der Waals surface area contributed by atoms with E-state index in [4.69, 9.17) is 10.5 Å². The van der Waals surface area contributed by atoms with Gasteiger partial charge in [0.1, 0.15) is 0 Å². The van der Waals surface area contributed by atoms with E-state index in [0.29, 0.717) is 12.0 Å². The lowest BCUT2D eigenvalue weighted by Crippen LogP contribution is -2.16. The molecule has 0 saturated heterocycles. The summed E-state index contributed by atoms with van der Waals surface area (Å²) in [5.41, 5.74) is 8.92. The quantitative estimate of drug-likeness (QED) is 0.913. The number of rotatable bonds is 4. The Morgan fingerprint density at radius 2 is 1.89 bits per heavy atom. The number of aryl methyl sites for hydroxylation is 1. The minimum atomic E-state index is -0.379. The molecule has 1 unspecified atom stereocenters. The van der Waals surface area contributed by atoms with Crippen molar-refractivity contribution in [2.24, 2.45) is 5.73 Å². The van der Waals surface area contributed by atoms with E-state index in [9.17, 15) is 4.39 Å². The third-order valence-corrected chi connectivity index (χ3v) is 3.31. The van der Waals surface area contributed by atoms with Gasteiger partial charge in [-0.25, -0.2) is 4.39 Å². The topological polar surface area (TPSA) is 35.2 Å². The SMILES string of the molecule is COc1cccc(C(N)Cc2ccccc2C)c1F. The predicted octanol–water partition coefficient (Wildman–Crippen LogP) is 3.39. The van der Waals surface area contributed by atoms with Crippen molar-refractivity contribution in [3.8, 4) is 5.75 Å². The molecule has 1 atom stereocenters. The molecular formula is C16H18FNO. The molecule has 0 amide bonds. The number of nitrogens with two attached hydrogens (primary N) is 1. The van der Waals surface area contributed by atoms with Crippen molar-refractivity contribution in [3.63, 3.8) is 0 Å². The maximum absolute atomic E-state index is 14.1. The Balaban J connectivity index is 2.26. The number of hydrogen-bond acceptors (Lipinski definition) is 2. The van der Waals surface area contributed by atoms with Crippen LogP contribution in [0, 0.1) is 12.7 Å². The van der Waals surface area contributed by atoms with Crippen LogP contribution in [-0.4, -0.2) is 7.11 Å². The lowest BCUT2D eigenvalue weighted by atomic mass is 9.96. The third-order valence-electron chi connectivity index (χ3n) is 3.31. The number of halogens is 1. The lowest BCUT2D eigenvalue weighted by Gasteiger charge is -2.16. The number of hydrogen-bond donors (Lipinski definition) is 1. The van der Waals surface area contributed by atoms with Gasteiger partial charge in [-0.3, -0.25) is 0 Å². The molecule has 3 heteroatoms. The minimum absolute atomic E-state index is 0.234. The highest BCUT2D eigenvalue weighted by Gasteiger charge is 2.16. The zero-order valence-corrected chi connectivity index (χ0v) is 11.2. The van der Waals surface area contributed by atoms with E-state index in [-0.39, 0.29) is 17.6 Å². The molecule has 2 N–H and O–H groups in total. The first kappa shape index (κ1) is 13.6. The fraction of sp³-hybridized carbons (Fsp3) is 0.250. The molecular weight excluding hydrogens is 241 g/mol. The van der Waals surface area contributed by atoms with E-state index >= 15 is 0 Å². The molecule has 2 aromatic carbocycles. The molecule has 0 aliphatic heterocycles. The van der Waals surface area contributed by atoms with Crippen LogP contribution in [0.2, 0.25) is 0 Å². The van der Waals surface area contributed by atoms with Gasteiger partial charge in [0.2, 0.25) is 0 Å². The zero-order valence-electron chi connectivity index (χ0n) is 11.2. The van der Waals surface area contributed by atoms with Gasteiger partial charge in [-0.15, -0.1) is 0 Å². The Bertz CT molecular complexity index is 568. The molecule has 0 saturated carbocycles. The third kappa shape index (κ3) is 2.93. The largest absolute Gasteiger partial charge is 0.494 e. The molecule has 19 heavy (non-hydrogen) atoms. The van der Waals surface area contributed by atoms with Crippen molar-refractivity contribution in [2.75, 3.05) is 7.11 Å². The van der Waals surface area contributed by atoms with Gasteiger partial charge in [-0.2, -0.15) is 0 Å². The van der Waals surface area contributed by atoms with Crippen LogP contribution < -0.4 is 10.5 Å². The normalized spacial score (nSPS) is 12.2. The molecule has 0 aromatic heterocycles. The van der Waals surface area contributed by atoms with Crippen LogP contribution in [-0.2, 0) is 6.42 Å². The van der Waals surface area contributed by atoms with Crippen LogP contribution >= 0.6 is 0 Å². The van der Waals surface area contributed by atoms with Gasteiger partial charge in [-0.05, 0) is 30.5 Å². The fourth-order valence-electron chi connectivity index (χ4n) is 2.16. The van der Waals surface area contributed by atoms with Gasteiger partial charge in [0.25, 0.3) is 0 Å². The van der Waals surface area contributed by atoms with Gasteiger partial charge < -0.3 is 10.5 Å². The van der Waals surface area contributed by atoms with E-state index in [2.05, 4.69) is 0 Å². The summed E-state index contributed by atoms with van der Waals surface area (Å²) >= 11 is 0. The van der Waals surface area contributed by atoms with E-state index in [1.54, 1.807) is 18.2 Å². The Hall–Kier alpha value is -1.87. The smallest absolute Gasteiger partial charge is 0.169 e. The molecule has 0 fully saturated rings. The van der Waals surface area contributed by atoms with Gasteiger partial charge in [0.15, 0.2) is 11.6 Å². The molecule has 0 radical (unpaired) electrons. The Morgan fingerprint density at radius 3 is 2.58 bits per heavy atom. The standard InChI is InChI=1S/C16H18FNO/c1-11-6-3-4-7-12(11)10-14(18)13-8-5-9-15(19-2)16(13)17/h3-9,14H,10,18H2,1-2H3. The zero-order chi connectivity index (χ0) is 13.8.